The maximum atomic E-state index is 13.3. The third-order valence-electron chi connectivity index (χ3n) is 2.41. The van der Waals surface area contributed by atoms with Crippen molar-refractivity contribution >= 4 is 17.6 Å². The van der Waals surface area contributed by atoms with E-state index >= 15 is 0 Å². The van der Waals surface area contributed by atoms with Crippen LogP contribution in [0.5, 0.6) is 5.75 Å². The highest BCUT2D eigenvalue weighted by molar-refractivity contribution is 6.33. The average Bonchev–Trinajstić information content (AvgIpc) is 2.31. The number of aromatic carboxylic acids is 1. The lowest BCUT2D eigenvalue weighted by Crippen LogP contribution is -1.97. The maximum absolute atomic E-state index is 13.3. The summed E-state index contributed by atoms with van der Waals surface area (Å²) in [4.78, 5) is 10.8. The summed E-state index contributed by atoms with van der Waals surface area (Å²) in [5, 5.41) is 18.5. The molecule has 0 radical (unpaired) electrons. The molecule has 0 spiro atoms. The molecule has 0 unspecified atom stereocenters. The molecule has 2 rings (SSSR count). The molecule has 0 aliphatic carbocycles. The van der Waals surface area contributed by atoms with Crippen LogP contribution in [-0.4, -0.2) is 16.2 Å². The van der Waals surface area contributed by atoms with Gasteiger partial charge in [0.1, 0.15) is 11.6 Å². The van der Waals surface area contributed by atoms with Crippen LogP contribution in [0.2, 0.25) is 5.02 Å². The quantitative estimate of drug-likeness (QED) is 0.874. The van der Waals surface area contributed by atoms with Crippen molar-refractivity contribution in [3.05, 3.63) is 52.8 Å². The minimum absolute atomic E-state index is 0.0319. The van der Waals surface area contributed by atoms with Gasteiger partial charge in [-0.05, 0) is 42.0 Å². The van der Waals surface area contributed by atoms with Crippen molar-refractivity contribution in [1.82, 2.24) is 0 Å². The zero-order valence-electron chi connectivity index (χ0n) is 9.02. The Morgan fingerprint density at radius 1 is 1.17 bits per heavy atom. The first-order valence-electron chi connectivity index (χ1n) is 5.00. The standard InChI is InChI=1S/C13H8ClFO3/c14-12-2-1-10(16)6-11(12)7-3-8(13(17)18)5-9(15)4-7/h1-6,16H,(H,17,18). The Morgan fingerprint density at radius 2 is 1.89 bits per heavy atom. The van der Waals surface area contributed by atoms with Crippen LogP contribution in [0.4, 0.5) is 4.39 Å². The molecule has 0 saturated heterocycles. The molecule has 0 fully saturated rings. The van der Waals surface area contributed by atoms with E-state index in [-0.39, 0.29) is 11.3 Å². The lowest BCUT2D eigenvalue weighted by Gasteiger charge is -2.07. The monoisotopic (exact) mass is 266 g/mol. The van der Waals surface area contributed by atoms with Gasteiger partial charge >= 0.3 is 5.97 Å². The predicted octanol–water partition coefficient (Wildman–Crippen LogP) is 3.55. The van der Waals surface area contributed by atoms with Gasteiger partial charge in [0.2, 0.25) is 0 Å². The van der Waals surface area contributed by atoms with Crippen LogP contribution in [0.15, 0.2) is 36.4 Å². The SMILES string of the molecule is O=C(O)c1cc(F)cc(-c2cc(O)ccc2Cl)c1. The lowest BCUT2D eigenvalue weighted by atomic mass is 10.0. The summed E-state index contributed by atoms with van der Waals surface area (Å²) in [6.07, 6.45) is 0. The second-order valence-corrected chi connectivity index (χ2v) is 4.11. The summed E-state index contributed by atoms with van der Waals surface area (Å²) < 4.78 is 13.3. The predicted molar refractivity (Wildman–Crippen MR) is 65.5 cm³/mol. The van der Waals surface area contributed by atoms with E-state index in [0.717, 1.165) is 12.1 Å². The number of phenolic OH excluding ortho intramolecular Hbond substituents is 1. The molecular formula is C13H8ClFO3. The molecule has 0 saturated carbocycles. The highest BCUT2D eigenvalue weighted by atomic mass is 35.5. The third kappa shape index (κ3) is 2.43. The fourth-order valence-electron chi connectivity index (χ4n) is 1.60. The molecule has 0 aromatic heterocycles. The van der Waals surface area contributed by atoms with Gasteiger partial charge < -0.3 is 10.2 Å². The zero-order chi connectivity index (χ0) is 13.3. The summed E-state index contributed by atoms with van der Waals surface area (Å²) in [6, 6.07) is 7.57. The van der Waals surface area contributed by atoms with E-state index in [0.29, 0.717) is 16.1 Å². The normalized spacial score (nSPS) is 10.3. The topological polar surface area (TPSA) is 57.5 Å². The van der Waals surface area contributed by atoms with E-state index in [1.54, 1.807) is 0 Å². The minimum atomic E-state index is -1.23. The van der Waals surface area contributed by atoms with Gasteiger partial charge in [0.05, 0.1) is 5.56 Å². The maximum Gasteiger partial charge on any atom is 0.335 e. The molecule has 0 bridgehead atoms. The van der Waals surface area contributed by atoms with Crippen molar-refractivity contribution < 1.29 is 19.4 Å². The van der Waals surface area contributed by atoms with Crippen LogP contribution in [0, 0.1) is 5.82 Å². The number of carbonyl (C=O) groups is 1. The van der Waals surface area contributed by atoms with Crippen LogP contribution < -0.4 is 0 Å². The first kappa shape index (κ1) is 12.4. The van der Waals surface area contributed by atoms with E-state index in [2.05, 4.69) is 0 Å². The second-order valence-electron chi connectivity index (χ2n) is 3.70. The molecule has 18 heavy (non-hydrogen) atoms. The molecule has 2 aromatic rings. The van der Waals surface area contributed by atoms with Gasteiger partial charge in [0.15, 0.2) is 0 Å². The minimum Gasteiger partial charge on any atom is -0.508 e. The van der Waals surface area contributed by atoms with Gasteiger partial charge in [-0.2, -0.15) is 0 Å². The number of carboxylic acids is 1. The molecule has 0 atom stereocenters. The molecule has 5 heteroatoms. The summed E-state index contributed by atoms with van der Waals surface area (Å²) in [5.41, 5.74) is 0.497. The van der Waals surface area contributed by atoms with Crippen LogP contribution in [0.3, 0.4) is 0 Å². The van der Waals surface area contributed by atoms with Gasteiger partial charge in [0, 0.05) is 10.6 Å². The smallest absolute Gasteiger partial charge is 0.335 e. The Bertz CT molecular complexity index is 626. The van der Waals surface area contributed by atoms with E-state index in [1.807, 2.05) is 0 Å². The molecule has 3 nitrogen and oxygen atoms in total. The number of hydrogen-bond acceptors (Lipinski definition) is 2. The summed E-state index contributed by atoms with van der Waals surface area (Å²) >= 11 is 5.93. The van der Waals surface area contributed by atoms with Gasteiger partial charge in [-0.1, -0.05) is 11.6 Å². The van der Waals surface area contributed by atoms with Crippen molar-refractivity contribution in [2.24, 2.45) is 0 Å². The van der Waals surface area contributed by atoms with Crippen LogP contribution in [0.25, 0.3) is 11.1 Å². The average molecular weight is 267 g/mol. The van der Waals surface area contributed by atoms with E-state index in [4.69, 9.17) is 16.7 Å². The number of rotatable bonds is 2. The second kappa shape index (κ2) is 4.66. The lowest BCUT2D eigenvalue weighted by molar-refractivity contribution is 0.0696. The Hall–Kier alpha value is -2.07. The van der Waals surface area contributed by atoms with Crippen LogP contribution in [0.1, 0.15) is 10.4 Å². The summed E-state index contributed by atoms with van der Waals surface area (Å²) in [5.74, 6) is -1.94. The highest BCUT2D eigenvalue weighted by Crippen LogP contribution is 2.32. The zero-order valence-corrected chi connectivity index (χ0v) is 9.78. The Labute approximate surface area is 107 Å². The molecule has 92 valence electrons. The molecule has 0 aliphatic heterocycles. The number of benzene rings is 2. The van der Waals surface area contributed by atoms with Gasteiger partial charge in [-0.15, -0.1) is 0 Å². The highest BCUT2D eigenvalue weighted by Gasteiger charge is 2.11. The third-order valence-corrected chi connectivity index (χ3v) is 2.74. The van der Waals surface area contributed by atoms with Crippen LogP contribution in [-0.2, 0) is 0 Å². The molecule has 0 heterocycles. The van der Waals surface area contributed by atoms with Crippen molar-refractivity contribution in [2.45, 2.75) is 0 Å². The largest absolute Gasteiger partial charge is 0.508 e. The van der Waals surface area contributed by atoms with Gasteiger partial charge in [-0.25, -0.2) is 9.18 Å². The number of carboxylic acid groups (broad SMARTS) is 1. The fourth-order valence-corrected chi connectivity index (χ4v) is 1.83. The van der Waals surface area contributed by atoms with Gasteiger partial charge in [-0.3, -0.25) is 0 Å². The molecule has 0 aliphatic rings. The molecular weight excluding hydrogens is 259 g/mol. The first-order valence-corrected chi connectivity index (χ1v) is 5.38. The summed E-state index contributed by atoms with van der Waals surface area (Å²) in [6.45, 7) is 0. The first-order chi connectivity index (χ1) is 8.47. The van der Waals surface area contributed by atoms with E-state index in [1.165, 1.54) is 24.3 Å². The van der Waals surface area contributed by atoms with Crippen molar-refractivity contribution in [3.63, 3.8) is 0 Å². The van der Waals surface area contributed by atoms with Crippen LogP contribution >= 0.6 is 11.6 Å². The molecule has 2 aromatic carbocycles. The Balaban J connectivity index is 2.63. The number of aromatic hydroxyl groups is 1. The number of halogens is 2. The number of hydrogen-bond donors (Lipinski definition) is 2. The van der Waals surface area contributed by atoms with Crippen molar-refractivity contribution in [2.75, 3.05) is 0 Å². The van der Waals surface area contributed by atoms with E-state index in [9.17, 15) is 14.3 Å². The van der Waals surface area contributed by atoms with Gasteiger partial charge in [0.25, 0.3) is 0 Å². The Morgan fingerprint density at radius 3 is 2.56 bits per heavy atom. The van der Waals surface area contributed by atoms with E-state index < -0.39 is 11.8 Å². The molecule has 0 amide bonds. The number of phenols is 1. The summed E-state index contributed by atoms with van der Waals surface area (Å²) in [7, 11) is 0. The molecule has 2 N–H and O–H groups in total. The van der Waals surface area contributed by atoms with Crippen molar-refractivity contribution in [1.29, 1.82) is 0 Å². The fraction of sp³-hybridized carbons (Fsp3) is 0. The van der Waals surface area contributed by atoms with Crippen molar-refractivity contribution in [3.8, 4) is 16.9 Å². The Kier molecular flexibility index (Phi) is 3.21.